The number of carbonyl (C=O) groups is 1. The van der Waals surface area contributed by atoms with E-state index in [4.69, 9.17) is 9.47 Å². The number of esters is 1. The first-order chi connectivity index (χ1) is 14.2. The Kier molecular flexibility index (Phi) is 8.90. The topological polar surface area (TPSA) is 35.5 Å². The Bertz CT molecular complexity index is 771. The van der Waals surface area contributed by atoms with Crippen molar-refractivity contribution in [2.45, 2.75) is 52.5 Å². The molecule has 0 aliphatic rings. The van der Waals surface area contributed by atoms with Crippen LogP contribution in [0.4, 0.5) is 13.2 Å². The summed E-state index contributed by atoms with van der Waals surface area (Å²) in [5, 5.41) is 0. The van der Waals surface area contributed by atoms with E-state index < -0.39 is 23.8 Å². The third-order valence-corrected chi connectivity index (χ3v) is 4.78. The normalized spacial score (nSPS) is 13.8. The largest absolute Gasteiger partial charge is 0.466 e. The molecule has 0 aromatic heterocycles. The van der Waals surface area contributed by atoms with Crippen LogP contribution in [-0.2, 0) is 27.1 Å². The van der Waals surface area contributed by atoms with Gasteiger partial charge in [-0.3, -0.25) is 4.79 Å². The SMILES string of the molecule is CCOC(=O)[C@H](CC(C)C)C[C@H](OCc1ccccc1)c1ccc(C(F)(F)F)cc1. The lowest BCUT2D eigenvalue weighted by Crippen LogP contribution is -2.23. The van der Waals surface area contributed by atoms with Gasteiger partial charge in [-0.25, -0.2) is 0 Å². The summed E-state index contributed by atoms with van der Waals surface area (Å²) in [4.78, 5) is 12.5. The lowest BCUT2D eigenvalue weighted by atomic mass is 9.89. The van der Waals surface area contributed by atoms with Gasteiger partial charge >= 0.3 is 12.1 Å². The number of benzene rings is 2. The van der Waals surface area contributed by atoms with Crippen LogP contribution in [0.2, 0.25) is 0 Å². The van der Waals surface area contributed by atoms with Gasteiger partial charge in [-0.2, -0.15) is 13.2 Å². The summed E-state index contributed by atoms with van der Waals surface area (Å²) in [7, 11) is 0. The fourth-order valence-electron chi connectivity index (χ4n) is 3.33. The smallest absolute Gasteiger partial charge is 0.416 e. The molecule has 0 saturated carbocycles. The van der Waals surface area contributed by atoms with Crippen molar-refractivity contribution < 1.29 is 27.4 Å². The maximum atomic E-state index is 12.9. The Morgan fingerprint density at radius 2 is 1.60 bits per heavy atom. The van der Waals surface area contributed by atoms with Crippen molar-refractivity contribution in [3.05, 3.63) is 71.3 Å². The van der Waals surface area contributed by atoms with Gasteiger partial charge in [-0.05, 0) is 48.9 Å². The molecule has 2 aromatic rings. The Morgan fingerprint density at radius 1 is 0.967 bits per heavy atom. The summed E-state index contributed by atoms with van der Waals surface area (Å²) in [6.07, 6.45) is -3.97. The minimum Gasteiger partial charge on any atom is -0.466 e. The summed E-state index contributed by atoms with van der Waals surface area (Å²) in [6.45, 7) is 6.37. The highest BCUT2D eigenvalue weighted by molar-refractivity contribution is 5.72. The van der Waals surface area contributed by atoms with Gasteiger partial charge in [0, 0.05) is 0 Å². The first-order valence-corrected chi connectivity index (χ1v) is 10.2. The van der Waals surface area contributed by atoms with Crippen LogP contribution in [0.1, 0.15) is 56.4 Å². The number of rotatable bonds is 10. The van der Waals surface area contributed by atoms with Crippen molar-refractivity contribution in [2.24, 2.45) is 11.8 Å². The average Bonchev–Trinajstić information content (AvgIpc) is 2.70. The van der Waals surface area contributed by atoms with Crippen LogP contribution < -0.4 is 0 Å². The number of hydrogen-bond acceptors (Lipinski definition) is 3. The molecule has 0 N–H and O–H groups in total. The Labute approximate surface area is 176 Å². The first kappa shape index (κ1) is 23.9. The third kappa shape index (κ3) is 7.48. The molecule has 0 heterocycles. The van der Waals surface area contributed by atoms with E-state index in [0.29, 0.717) is 25.0 Å². The number of ether oxygens (including phenoxy) is 2. The van der Waals surface area contributed by atoms with E-state index in [2.05, 4.69) is 0 Å². The van der Waals surface area contributed by atoms with Crippen molar-refractivity contribution in [1.82, 2.24) is 0 Å². The first-order valence-electron chi connectivity index (χ1n) is 10.2. The van der Waals surface area contributed by atoms with E-state index in [1.165, 1.54) is 12.1 Å². The molecule has 0 spiro atoms. The summed E-state index contributed by atoms with van der Waals surface area (Å²) < 4.78 is 50.1. The fourth-order valence-corrected chi connectivity index (χ4v) is 3.33. The van der Waals surface area contributed by atoms with Gasteiger partial charge in [0.15, 0.2) is 0 Å². The second-order valence-corrected chi connectivity index (χ2v) is 7.72. The van der Waals surface area contributed by atoms with E-state index in [9.17, 15) is 18.0 Å². The van der Waals surface area contributed by atoms with Gasteiger partial charge in [0.25, 0.3) is 0 Å². The highest BCUT2D eigenvalue weighted by Gasteiger charge is 2.31. The highest BCUT2D eigenvalue weighted by atomic mass is 19.4. The molecule has 0 bridgehead atoms. The minimum atomic E-state index is -4.40. The Balaban J connectivity index is 2.25. The van der Waals surface area contributed by atoms with E-state index in [-0.39, 0.29) is 18.5 Å². The van der Waals surface area contributed by atoms with E-state index in [0.717, 1.165) is 17.7 Å². The zero-order valence-corrected chi connectivity index (χ0v) is 17.6. The molecule has 6 heteroatoms. The second kappa shape index (κ2) is 11.2. The molecule has 3 nitrogen and oxygen atoms in total. The number of halogens is 3. The summed E-state index contributed by atoms with van der Waals surface area (Å²) in [6, 6.07) is 14.5. The third-order valence-electron chi connectivity index (χ3n) is 4.78. The molecular weight excluding hydrogens is 393 g/mol. The molecular formula is C24H29F3O3. The summed E-state index contributed by atoms with van der Waals surface area (Å²) >= 11 is 0. The number of alkyl halides is 3. The van der Waals surface area contributed by atoms with Gasteiger partial charge in [-0.1, -0.05) is 56.3 Å². The van der Waals surface area contributed by atoms with Crippen LogP contribution in [0.25, 0.3) is 0 Å². The standard InChI is InChI=1S/C24H29F3O3/c1-4-29-23(28)20(14-17(2)3)15-22(30-16-18-8-6-5-7-9-18)19-10-12-21(13-11-19)24(25,26)27/h5-13,17,20,22H,4,14-16H2,1-3H3/t20-,22+/m1/s1. The van der Waals surface area contributed by atoms with Crippen molar-refractivity contribution in [3.63, 3.8) is 0 Å². The predicted molar refractivity (Wildman–Crippen MR) is 110 cm³/mol. The van der Waals surface area contributed by atoms with Gasteiger partial charge in [0.05, 0.1) is 30.8 Å². The van der Waals surface area contributed by atoms with Crippen molar-refractivity contribution in [1.29, 1.82) is 0 Å². The van der Waals surface area contributed by atoms with Crippen LogP contribution in [0.5, 0.6) is 0 Å². The monoisotopic (exact) mass is 422 g/mol. The molecule has 0 aliphatic carbocycles. The van der Waals surface area contributed by atoms with Gasteiger partial charge < -0.3 is 9.47 Å². The average molecular weight is 422 g/mol. The molecule has 0 saturated heterocycles. The van der Waals surface area contributed by atoms with Crippen LogP contribution in [0.15, 0.2) is 54.6 Å². The Morgan fingerprint density at radius 3 is 2.13 bits per heavy atom. The molecule has 0 unspecified atom stereocenters. The summed E-state index contributed by atoms with van der Waals surface area (Å²) in [5.74, 6) is -0.429. The van der Waals surface area contributed by atoms with Crippen LogP contribution in [0, 0.1) is 11.8 Å². The lowest BCUT2D eigenvalue weighted by molar-refractivity contribution is -0.150. The molecule has 0 radical (unpaired) electrons. The molecule has 0 amide bonds. The Hall–Kier alpha value is -2.34. The summed E-state index contributed by atoms with van der Waals surface area (Å²) in [5.41, 5.74) is 0.847. The molecule has 2 aromatic carbocycles. The van der Waals surface area contributed by atoms with Crippen LogP contribution >= 0.6 is 0 Å². The van der Waals surface area contributed by atoms with Gasteiger partial charge in [-0.15, -0.1) is 0 Å². The fraction of sp³-hybridized carbons (Fsp3) is 0.458. The molecule has 0 fully saturated rings. The maximum Gasteiger partial charge on any atom is 0.416 e. The minimum absolute atomic E-state index is 0.266. The van der Waals surface area contributed by atoms with E-state index in [1.54, 1.807) is 6.92 Å². The van der Waals surface area contributed by atoms with Crippen molar-refractivity contribution in [3.8, 4) is 0 Å². The van der Waals surface area contributed by atoms with E-state index in [1.807, 2.05) is 44.2 Å². The number of hydrogen-bond donors (Lipinski definition) is 0. The lowest BCUT2D eigenvalue weighted by Gasteiger charge is -2.25. The zero-order chi connectivity index (χ0) is 22.1. The van der Waals surface area contributed by atoms with Gasteiger partial charge in [0.1, 0.15) is 0 Å². The predicted octanol–water partition coefficient (Wildman–Crippen LogP) is 6.58. The second-order valence-electron chi connectivity index (χ2n) is 7.72. The zero-order valence-electron chi connectivity index (χ0n) is 17.6. The van der Waals surface area contributed by atoms with Crippen LogP contribution in [0.3, 0.4) is 0 Å². The quantitative estimate of drug-likeness (QED) is 0.406. The van der Waals surface area contributed by atoms with Crippen molar-refractivity contribution in [2.75, 3.05) is 6.61 Å². The maximum absolute atomic E-state index is 12.9. The van der Waals surface area contributed by atoms with Gasteiger partial charge in [0.2, 0.25) is 0 Å². The molecule has 0 aliphatic heterocycles. The molecule has 2 atom stereocenters. The number of carbonyl (C=O) groups excluding carboxylic acids is 1. The van der Waals surface area contributed by atoms with Crippen molar-refractivity contribution >= 4 is 5.97 Å². The molecule has 164 valence electrons. The molecule has 30 heavy (non-hydrogen) atoms. The molecule has 2 rings (SSSR count). The van der Waals surface area contributed by atoms with E-state index >= 15 is 0 Å². The highest BCUT2D eigenvalue weighted by Crippen LogP contribution is 2.34. The van der Waals surface area contributed by atoms with Crippen LogP contribution in [-0.4, -0.2) is 12.6 Å².